The Hall–Kier alpha value is -1.95. The number of aryl methyl sites for hydroxylation is 2. The molecule has 0 aromatic carbocycles. The van der Waals surface area contributed by atoms with Crippen molar-refractivity contribution >= 4 is 23.1 Å². The first-order valence-corrected chi connectivity index (χ1v) is 6.81. The minimum atomic E-state index is -0.145. The molecule has 0 saturated carbocycles. The van der Waals surface area contributed by atoms with Gasteiger partial charge in [-0.2, -0.15) is 0 Å². The van der Waals surface area contributed by atoms with Gasteiger partial charge in [-0.15, -0.1) is 0 Å². The monoisotopic (exact) mass is 277 g/mol. The predicted octanol–water partition coefficient (Wildman–Crippen LogP) is 1.95. The highest BCUT2D eigenvalue weighted by atomic mass is 32.1. The standard InChI is InChI=1S/C13H15N3O2S/c1-9-3-4-11(14-7-9)15-12(17)5-6-16-10(2)8-19-13(16)18/h3-4,7-8H,5-6H2,1-2H3,(H,14,15,17). The quantitative estimate of drug-likeness (QED) is 0.929. The molecule has 5 nitrogen and oxygen atoms in total. The van der Waals surface area contributed by atoms with Gasteiger partial charge in [0.05, 0.1) is 0 Å². The van der Waals surface area contributed by atoms with Gasteiger partial charge in [0, 0.05) is 30.2 Å². The summed E-state index contributed by atoms with van der Waals surface area (Å²) < 4.78 is 1.60. The number of hydrogen-bond acceptors (Lipinski definition) is 4. The average molecular weight is 277 g/mol. The van der Waals surface area contributed by atoms with Gasteiger partial charge in [0.1, 0.15) is 5.82 Å². The number of thiazole rings is 1. The van der Waals surface area contributed by atoms with E-state index in [4.69, 9.17) is 0 Å². The Morgan fingerprint density at radius 1 is 1.42 bits per heavy atom. The summed E-state index contributed by atoms with van der Waals surface area (Å²) >= 11 is 1.15. The fourth-order valence-electron chi connectivity index (χ4n) is 1.63. The van der Waals surface area contributed by atoms with Crippen LogP contribution in [0.15, 0.2) is 28.5 Å². The highest BCUT2D eigenvalue weighted by Crippen LogP contribution is 2.05. The number of carbonyl (C=O) groups is 1. The van der Waals surface area contributed by atoms with Crippen LogP contribution in [0.2, 0.25) is 0 Å². The van der Waals surface area contributed by atoms with E-state index in [1.54, 1.807) is 22.2 Å². The van der Waals surface area contributed by atoms with Gasteiger partial charge in [0.2, 0.25) is 5.91 Å². The van der Waals surface area contributed by atoms with Gasteiger partial charge in [0.25, 0.3) is 0 Å². The summed E-state index contributed by atoms with van der Waals surface area (Å²) in [5.41, 5.74) is 1.93. The van der Waals surface area contributed by atoms with Crippen molar-refractivity contribution in [2.24, 2.45) is 0 Å². The molecule has 1 amide bonds. The van der Waals surface area contributed by atoms with E-state index >= 15 is 0 Å². The third-order valence-electron chi connectivity index (χ3n) is 2.72. The molecule has 0 aliphatic carbocycles. The maximum Gasteiger partial charge on any atom is 0.307 e. The van der Waals surface area contributed by atoms with E-state index in [1.165, 1.54) is 0 Å². The smallest absolute Gasteiger partial charge is 0.307 e. The maximum absolute atomic E-state index is 11.8. The van der Waals surface area contributed by atoms with Gasteiger partial charge in [-0.05, 0) is 25.5 Å². The van der Waals surface area contributed by atoms with Crippen LogP contribution in [0.4, 0.5) is 5.82 Å². The van der Waals surface area contributed by atoms with Crippen molar-refractivity contribution in [3.8, 4) is 0 Å². The number of nitrogens with zero attached hydrogens (tertiary/aromatic N) is 2. The van der Waals surface area contributed by atoms with Crippen molar-refractivity contribution in [3.63, 3.8) is 0 Å². The van der Waals surface area contributed by atoms with Gasteiger partial charge in [-0.25, -0.2) is 4.98 Å². The number of rotatable bonds is 4. The van der Waals surface area contributed by atoms with Crippen LogP contribution < -0.4 is 10.2 Å². The second-order valence-corrected chi connectivity index (χ2v) is 5.13. The molecule has 19 heavy (non-hydrogen) atoms. The number of nitrogens with one attached hydrogen (secondary N) is 1. The van der Waals surface area contributed by atoms with E-state index in [-0.39, 0.29) is 17.2 Å². The summed E-state index contributed by atoms with van der Waals surface area (Å²) in [5, 5.41) is 4.50. The number of hydrogen-bond donors (Lipinski definition) is 1. The van der Waals surface area contributed by atoms with E-state index in [0.29, 0.717) is 12.4 Å². The minimum Gasteiger partial charge on any atom is -0.311 e. The van der Waals surface area contributed by atoms with Crippen molar-refractivity contribution in [3.05, 3.63) is 44.6 Å². The molecule has 0 spiro atoms. The molecule has 2 heterocycles. The lowest BCUT2D eigenvalue weighted by atomic mass is 10.3. The van der Waals surface area contributed by atoms with Crippen LogP contribution in [0.1, 0.15) is 17.7 Å². The summed E-state index contributed by atoms with van der Waals surface area (Å²) in [6, 6.07) is 3.64. The van der Waals surface area contributed by atoms with Crippen LogP contribution in [0.5, 0.6) is 0 Å². The molecule has 100 valence electrons. The Bertz CT molecular complexity index is 628. The van der Waals surface area contributed by atoms with Crippen LogP contribution >= 0.6 is 11.3 Å². The fraction of sp³-hybridized carbons (Fsp3) is 0.308. The Morgan fingerprint density at radius 3 is 2.79 bits per heavy atom. The Morgan fingerprint density at radius 2 is 2.21 bits per heavy atom. The summed E-state index contributed by atoms with van der Waals surface area (Å²) in [4.78, 5) is 27.3. The molecule has 2 rings (SSSR count). The van der Waals surface area contributed by atoms with Crippen molar-refractivity contribution in [2.75, 3.05) is 5.32 Å². The molecule has 6 heteroatoms. The molecule has 2 aromatic rings. The summed E-state index contributed by atoms with van der Waals surface area (Å²) in [6.45, 7) is 4.19. The summed E-state index contributed by atoms with van der Waals surface area (Å²) in [5.74, 6) is 0.388. The van der Waals surface area contributed by atoms with Gasteiger partial charge in [0.15, 0.2) is 0 Å². The third-order valence-corrected chi connectivity index (χ3v) is 3.60. The second kappa shape index (κ2) is 5.79. The van der Waals surface area contributed by atoms with Gasteiger partial charge < -0.3 is 9.88 Å². The molecule has 0 aliphatic heterocycles. The second-order valence-electron chi connectivity index (χ2n) is 4.31. The van der Waals surface area contributed by atoms with Crippen molar-refractivity contribution in [1.29, 1.82) is 0 Å². The molecule has 0 aliphatic rings. The highest BCUT2D eigenvalue weighted by molar-refractivity contribution is 7.07. The average Bonchev–Trinajstić information content (AvgIpc) is 2.70. The zero-order valence-electron chi connectivity index (χ0n) is 10.8. The molecule has 0 unspecified atom stereocenters. The summed E-state index contributed by atoms with van der Waals surface area (Å²) in [6.07, 6.45) is 1.95. The van der Waals surface area contributed by atoms with Gasteiger partial charge in [-0.3, -0.25) is 9.59 Å². The minimum absolute atomic E-state index is 0.0289. The summed E-state index contributed by atoms with van der Waals surface area (Å²) in [7, 11) is 0. The number of anilines is 1. The molecular formula is C13H15N3O2S. The molecule has 2 aromatic heterocycles. The SMILES string of the molecule is Cc1ccc(NC(=O)CCn2c(C)csc2=O)nc1. The predicted molar refractivity (Wildman–Crippen MR) is 75.5 cm³/mol. The van der Waals surface area contributed by atoms with Crippen molar-refractivity contribution in [1.82, 2.24) is 9.55 Å². The Balaban J connectivity index is 1.92. The van der Waals surface area contributed by atoms with E-state index in [1.807, 2.05) is 19.9 Å². The highest BCUT2D eigenvalue weighted by Gasteiger charge is 2.07. The van der Waals surface area contributed by atoms with E-state index < -0.39 is 0 Å². The van der Waals surface area contributed by atoms with E-state index in [2.05, 4.69) is 10.3 Å². The molecule has 0 saturated heterocycles. The fourth-order valence-corrected chi connectivity index (χ4v) is 2.40. The van der Waals surface area contributed by atoms with Gasteiger partial charge in [-0.1, -0.05) is 17.4 Å². The largest absolute Gasteiger partial charge is 0.311 e. The molecule has 1 N–H and O–H groups in total. The van der Waals surface area contributed by atoms with Crippen LogP contribution in [0, 0.1) is 13.8 Å². The van der Waals surface area contributed by atoms with Gasteiger partial charge >= 0.3 is 4.87 Å². The lowest BCUT2D eigenvalue weighted by Gasteiger charge is -2.06. The zero-order chi connectivity index (χ0) is 13.8. The number of pyridine rings is 1. The molecule has 0 radical (unpaired) electrons. The first-order chi connectivity index (χ1) is 9.06. The van der Waals surface area contributed by atoms with Crippen LogP contribution in [0.3, 0.4) is 0 Å². The first-order valence-electron chi connectivity index (χ1n) is 5.93. The number of aromatic nitrogens is 2. The lowest BCUT2D eigenvalue weighted by molar-refractivity contribution is -0.116. The van der Waals surface area contributed by atoms with Crippen LogP contribution in [-0.2, 0) is 11.3 Å². The number of carbonyl (C=O) groups excluding carboxylic acids is 1. The number of amides is 1. The molecule has 0 bridgehead atoms. The lowest BCUT2D eigenvalue weighted by Crippen LogP contribution is -2.20. The Kier molecular flexibility index (Phi) is 4.11. The van der Waals surface area contributed by atoms with Crippen LogP contribution in [-0.4, -0.2) is 15.5 Å². The van der Waals surface area contributed by atoms with Crippen molar-refractivity contribution in [2.45, 2.75) is 26.8 Å². The third kappa shape index (κ3) is 3.51. The topological polar surface area (TPSA) is 64.0 Å². The first kappa shape index (κ1) is 13.5. The maximum atomic E-state index is 11.8. The van der Waals surface area contributed by atoms with Crippen molar-refractivity contribution < 1.29 is 4.79 Å². The molecule has 0 atom stereocenters. The van der Waals surface area contributed by atoms with E-state index in [0.717, 1.165) is 22.6 Å². The van der Waals surface area contributed by atoms with Crippen LogP contribution in [0.25, 0.3) is 0 Å². The Labute approximate surface area is 114 Å². The normalized spacial score (nSPS) is 10.4. The van der Waals surface area contributed by atoms with E-state index in [9.17, 15) is 9.59 Å². The molecule has 0 fully saturated rings. The molecular weight excluding hydrogens is 262 g/mol. The zero-order valence-corrected chi connectivity index (χ0v) is 11.7.